The van der Waals surface area contributed by atoms with Crippen LogP contribution in [-0.2, 0) is 16.2 Å². The molecule has 2 bridgehead atoms. The summed E-state index contributed by atoms with van der Waals surface area (Å²) >= 11 is 0. The molecule has 4 rings (SSSR count). The zero-order valence-electron chi connectivity index (χ0n) is 14.4. The third-order valence-electron chi connectivity index (χ3n) is 6.73. The van der Waals surface area contributed by atoms with Crippen LogP contribution in [0.15, 0.2) is 18.2 Å². The SMILES string of the molecule is C[C@@]12[C@@H](CN(c3ccc(C#N)c(C(F)(F)F)c3)S1(=O)=O)[C@H]1C[C@H](C#N)[C@@H]2C1. The number of hydrogen-bond donors (Lipinski definition) is 0. The lowest BCUT2D eigenvalue weighted by Gasteiger charge is -2.35. The molecule has 3 aliphatic rings. The van der Waals surface area contributed by atoms with Crippen molar-refractivity contribution in [3.8, 4) is 12.1 Å². The molecule has 5 nitrogen and oxygen atoms in total. The average molecular weight is 395 g/mol. The molecule has 2 aliphatic carbocycles. The van der Waals surface area contributed by atoms with Gasteiger partial charge in [0, 0.05) is 12.5 Å². The Morgan fingerprint density at radius 1 is 1.22 bits per heavy atom. The van der Waals surface area contributed by atoms with Crippen LogP contribution in [0.5, 0.6) is 0 Å². The van der Waals surface area contributed by atoms with Gasteiger partial charge in [-0.2, -0.15) is 23.7 Å². The second kappa shape index (κ2) is 5.39. The third-order valence-corrected chi connectivity index (χ3v) is 9.39. The fourth-order valence-corrected chi connectivity index (χ4v) is 7.93. The molecule has 0 radical (unpaired) electrons. The normalized spacial score (nSPS) is 36.3. The maximum Gasteiger partial charge on any atom is 0.417 e. The van der Waals surface area contributed by atoms with E-state index in [-0.39, 0.29) is 35.9 Å². The van der Waals surface area contributed by atoms with Crippen LogP contribution in [-0.4, -0.2) is 19.7 Å². The van der Waals surface area contributed by atoms with Crippen LogP contribution in [0.3, 0.4) is 0 Å². The number of rotatable bonds is 1. The van der Waals surface area contributed by atoms with Gasteiger partial charge in [0.25, 0.3) is 0 Å². The fourth-order valence-electron chi connectivity index (χ4n) is 5.42. The number of sulfonamides is 1. The highest BCUT2D eigenvalue weighted by atomic mass is 32.2. The first-order valence-electron chi connectivity index (χ1n) is 8.59. The van der Waals surface area contributed by atoms with Crippen LogP contribution in [0.1, 0.15) is 30.9 Å². The average Bonchev–Trinajstić information content (AvgIpc) is 3.21. The molecule has 3 fully saturated rings. The summed E-state index contributed by atoms with van der Waals surface area (Å²) in [5.41, 5.74) is -1.76. The van der Waals surface area contributed by atoms with E-state index in [9.17, 15) is 26.9 Å². The van der Waals surface area contributed by atoms with Gasteiger partial charge in [0.1, 0.15) is 0 Å². The zero-order chi connectivity index (χ0) is 19.8. The van der Waals surface area contributed by atoms with Crippen molar-refractivity contribution in [1.29, 1.82) is 10.5 Å². The lowest BCUT2D eigenvalue weighted by atomic mass is 9.74. The van der Waals surface area contributed by atoms with E-state index >= 15 is 0 Å². The fraction of sp³-hybridized carbons (Fsp3) is 0.556. The summed E-state index contributed by atoms with van der Waals surface area (Å²) in [6.07, 6.45) is -3.44. The van der Waals surface area contributed by atoms with Gasteiger partial charge in [-0.05, 0) is 49.8 Å². The number of nitriles is 2. The Hall–Kier alpha value is -2.26. The summed E-state index contributed by atoms with van der Waals surface area (Å²) in [5, 5.41) is 18.3. The van der Waals surface area contributed by atoms with Gasteiger partial charge in [-0.3, -0.25) is 4.31 Å². The van der Waals surface area contributed by atoms with E-state index in [1.54, 1.807) is 6.92 Å². The predicted molar refractivity (Wildman–Crippen MR) is 89.6 cm³/mol. The molecule has 9 heteroatoms. The Labute approximate surface area is 155 Å². The van der Waals surface area contributed by atoms with Crippen molar-refractivity contribution in [2.45, 2.75) is 30.7 Å². The second-order valence-electron chi connectivity index (χ2n) is 7.74. The van der Waals surface area contributed by atoms with E-state index in [1.165, 1.54) is 12.1 Å². The monoisotopic (exact) mass is 395 g/mol. The lowest BCUT2D eigenvalue weighted by molar-refractivity contribution is -0.137. The lowest BCUT2D eigenvalue weighted by Crippen LogP contribution is -2.47. The molecule has 5 atom stereocenters. The first-order valence-corrected chi connectivity index (χ1v) is 10.0. The molecule has 0 unspecified atom stereocenters. The van der Waals surface area contributed by atoms with Crippen molar-refractivity contribution in [2.75, 3.05) is 10.8 Å². The van der Waals surface area contributed by atoms with E-state index in [2.05, 4.69) is 6.07 Å². The van der Waals surface area contributed by atoms with Crippen molar-refractivity contribution in [2.24, 2.45) is 23.7 Å². The van der Waals surface area contributed by atoms with Gasteiger partial charge in [-0.1, -0.05) is 0 Å². The predicted octanol–water partition coefficient (Wildman–Crippen LogP) is 3.28. The highest BCUT2D eigenvalue weighted by Gasteiger charge is 2.70. The summed E-state index contributed by atoms with van der Waals surface area (Å²) in [6.45, 7) is 1.75. The van der Waals surface area contributed by atoms with E-state index in [4.69, 9.17) is 5.26 Å². The first kappa shape index (κ1) is 18.1. The minimum atomic E-state index is -4.75. The quantitative estimate of drug-likeness (QED) is 0.730. The molecule has 1 aromatic rings. The molecule has 0 N–H and O–H groups in total. The molecule has 2 saturated carbocycles. The van der Waals surface area contributed by atoms with Gasteiger partial charge in [0.2, 0.25) is 10.0 Å². The maximum atomic E-state index is 13.3. The summed E-state index contributed by atoms with van der Waals surface area (Å²) < 4.78 is 66.4. The Balaban J connectivity index is 1.80. The zero-order valence-corrected chi connectivity index (χ0v) is 15.2. The highest BCUT2D eigenvalue weighted by Crippen LogP contribution is 2.64. The van der Waals surface area contributed by atoms with Gasteiger partial charge in [-0.15, -0.1) is 0 Å². The minimum absolute atomic E-state index is 0.0788. The Morgan fingerprint density at radius 2 is 1.93 bits per heavy atom. The highest BCUT2D eigenvalue weighted by molar-refractivity contribution is 7.94. The summed E-state index contributed by atoms with van der Waals surface area (Å²) in [5.74, 6) is -0.752. The van der Waals surface area contributed by atoms with Crippen molar-refractivity contribution in [3.05, 3.63) is 29.3 Å². The smallest absolute Gasteiger partial charge is 0.269 e. The topological polar surface area (TPSA) is 85.0 Å². The van der Waals surface area contributed by atoms with E-state index in [0.717, 1.165) is 16.4 Å². The van der Waals surface area contributed by atoms with Crippen molar-refractivity contribution < 1.29 is 21.6 Å². The molecule has 1 heterocycles. The molecule has 0 spiro atoms. The Kier molecular flexibility index (Phi) is 3.61. The van der Waals surface area contributed by atoms with Crippen LogP contribution in [0.4, 0.5) is 18.9 Å². The Morgan fingerprint density at radius 3 is 2.52 bits per heavy atom. The summed E-state index contributed by atoms with van der Waals surface area (Å²) in [7, 11) is -3.94. The van der Waals surface area contributed by atoms with Crippen LogP contribution in [0.25, 0.3) is 0 Å². The van der Waals surface area contributed by atoms with Crippen LogP contribution in [0.2, 0.25) is 0 Å². The third kappa shape index (κ3) is 2.18. The number of benzene rings is 1. The van der Waals surface area contributed by atoms with Gasteiger partial charge >= 0.3 is 6.18 Å². The number of anilines is 1. The molecule has 142 valence electrons. The van der Waals surface area contributed by atoms with Gasteiger partial charge in [-0.25, -0.2) is 8.42 Å². The van der Waals surface area contributed by atoms with Gasteiger partial charge in [0.15, 0.2) is 0 Å². The van der Waals surface area contributed by atoms with E-state index in [1.807, 2.05) is 0 Å². The maximum absolute atomic E-state index is 13.3. The number of alkyl halides is 3. The number of fused-ring (bicyclic) bond motifs is 5. The molecule has 1 aromatic carbocycles. The number of halogens is 3. The first-order chi connectivity index (χ1) is 12.6. The van der Waals surface area contributed by atoms with Crippen LogP contribution in [0, 0.1) is 46.3 Å². The van der Waals surface area contributed by atoms with Crippen molar-refractivity contribution in [3.63, 3.8) is 0 Å². The standard InChI is InChI=1S/C18H16F3N3O2S/c1-17-14-5-11(4-12(14)8-23)16(17)9-24(27(17,25)26)13-3-2-10(7-22)15(6-13)18(19,20)21/h2-3,6,11-12,14,16H,4-5,9H2,1H3/t11-,12+,14-,16-,17+/m0/s1. The molecule has 0 amide bonds. The Bertz CT molecular complexity index is 1010. The van der Waals surface area contributed by atoms with E-state index < -0.39 is 32.1 Å². The second-order valence-corrected chi connectivity index (χ2v) is 10.0. The van der Waals surface area contributed by atoms with Gasteiger partial charge < -0.3 is 0 Å². The largest absolute Gasteiger partial charge is 0.417 e. The molecule has 27 heavy (non-hydrogen) atoms. The van der Waals surface area contributed by atoms with Gasteiger partial charge in [0.05, 0.1) is 39.6 Å². The van der Waals surface area contributed by atoms with Crippen LogP contribution >= 0.6 is 0 Å². The van der Waals surface area contributed by atoms with E-state index in [0.29, 0.717) is 12.8 Å². The summed E-state index contributed by atoms with van der Waals surface area (Å²) in [6, 6.07) is 6.70. The molecule has 1 aliphatic heterocycles. The van der Waals surface area contributed by atoms with Crippen LogP contribution < -0.4 is 4.31 Å². The minimum Gasteiger partial charge on any atom is -0.269 e. The summed E-state index contributed by atoms with van der Waals surface area (Å²) in [4.78, 5) is 0. The molecular weight excluding hydrogens is 379 g/mol. The number of hydrogen-bond acceptors (Lipinski definition) is 4. The van der Waals surface area contributed by atoms with Crippen molar-refractivity contribution in [1.82, 2.24) is 0 Å². The molecule has 0 aromatic heterocycles. The number of nitrogens with zero attached hydrogens (tertiary/aromatic N) is 3. The molecule has 1 saturated heterocycles. The van der Waals surface area contributed by atoms with Crippen molar-refractivity contribution >= 4 is 15.7 Å². The molecular formula is C18H16F3N3O2S.